The lowest BCUT2D eigenvalue weighted by molar-refractivity contribution is -0.0378. The van der Waals surface area contributed by atoms with Crippen LogP contribution in [0.4, 0.5) is 0 Å². The average molecular weight is 279 g/mol. The lowest BCUT2D eigenvalue weighted by atomic mass is 9.76. The maximum atomic E-state index is 10.9. The summed E-state index contributed by atoms with van der Waals surface area (Å²) in [6.45, 7) is 1.87. The van der Waals surface area contributed by atoms with E-state index in [1.54, 1.807) is 0 Å². The zero-order valence-electron chi connectivity index (χ0n) is 11.2. The maximum Gasteiger partial charge on any atom is 0.153 e. The van der Waals surface area contributed by atoms with E-state index in [2.05, 4.69) is 0 Å². The Labute approximate surface area is 118 Å². The van der Waals surface area contributed by atoms with Crippen LogP contribution in [0.25, 0.3) is 11.0 Å². The van der Waals surface area contributed by atoms with Gasteiger partial charge in [0.15, 0.2) is 5.58 Å². The molecule has 3 rings (SSSR count). The third-order valence-electron chi connectivity index (χ3n) is 4.40. The van der Waals surface area contributed by atoms with Gasteiger partial charge in [0.05, 0.1) is 5.02 Å². The highest BCUT2D eigenvalue weighted by molar-refractivity contribution is 6.34. The van der Waals surface area contributed by atoms with Gasteiger partial charge >= 0.3 is 0 Å². The van der Waals surface area contributed by atoms with Crippen molar-refractivity contribution in [3.05, 3.63) is 35.0 Å². The molecule has 0 aliphatic heterocycles. The Morgan fingerprint density at radius 3 is 2.68 bits per heavy atom. The van der Waals surface area contributed by atoms with Crippen molar-refractivity contribution < 1.29 is 9.52 Å². The van der Waals surface area contributed by atoms with Crippen molar-refractivity contribution in [3.63, 3.8) is 0 Å². The molecule has 0 amide bonds. The zero-order chi connectivity index (χ0) is 13.5. The Morgan fingerprint density at radius 2 is 2.00 bits per heavy atom. The molecule has 0 bridgehead atoms. The SMILES string of the molecule is CC(O)(c1cc2cccc(Cl)c2o1)C1CCCCC1. The lowest BCUT2D eigenvalue weighted by Gasteiger charge is -2.33. The highest BCUT2D eigenvalue weighted by Gasteiger charge is 2.37. The summed E-state index contributed by atoms with van der Waals surface area (Å²) in [4.78, 5) is 0. The van der Waals surface area contributed by atoms with Crippen LogP contribution in [0.3, 0.4) is 0 Å². The molecule has 102 valence electrons. The Morgan fingerprint density at radius 1 is 1.26 bits per heavy atom. The van der Waals surface area contributed by atoms with Gasteiger partial charge in [-0.3, -0.25) is 0 Å². The predicted molar refractivity (Wildman–Crippen MR) is 77.4 cm³/mol. The van der Waals surface area contributed by atoms with E-state index in [1.165, 1.54) is 19.3 Å². The molecule has 1 fully saturated rings. The first-order chi connectivity index (χ1) is 9.09. The van der Waals surface area contributed by atoms with Crippen LogP contribution in [0.15, 0.2) is 28.7 Å². The molecule has 1 heterocycles. The van der Waals surface area contributed by atoms with Crippen LogP contribution >= 0.6 is 11.6 Å². The summed E-state index contributed by atoms with van der Waals surface area (Å²) in [5.74, 6) is 0.920. The van der Waals surface area contributed by atoms with Gasteiger partial charge in [-0.05, 0) is 37.8 Å². The minimum atomic E-state index is -0.900. The summed E-state index contributed by atoms with van der Waals surface area (Å²) in [7, 11) is 0. The number of hydrogen-bond acceptors (Lipinski definition) is 2. The molecule has 0 spiro atoms. The molecular weight excluding hydrogens is 260 g/mol. The van der Waals surface area contributed by atoms with Gasteiger partial charge in [0.1, 0.15) is 11.4 Å². The van der Waals surface area contributed by atoms with E-state index in [9.17, 15) is 5.11 Å². The fourth-order valence-electron chi connectivity index (χ4n) is 3.14. The number of hydrogen-bond donors (Lipinski definition) is 1. The standard InChI is InChI=1S/C16H19ClO2/c1-16(18,12-7-3-2-4-8-12)14-10-11-6-5-9-13(17)15(11)19-14/h5-6,9-10,12,18H,2-4,7-8H2,1H3. The van der Waals surface area contributed by atoms with Gasteiger partial charge in [-0.1, -0.05) is 43.0 Å². The van der Waals surface area contributed by atoms with Gasteiger partial charge in [0.2, 0.25) is 0 Å². The second kappa shape index (κ2) is 4.84. The Kier molecular flexibility index (Phi) is 3.32. The van der Waals surface area contributed by atoms with Gasteiger partial charge in [-0.25, -0.2) is 0 Å². The number of furan rings is 1. The van der Waals surface area contributed by atoms with Crippen molar-refractivity contribution in [2.45, 2.75) is 44.6 Å². The van der Waals surface area contributed by atoms with E-state index >= 15 is 0 Å². The first-order valence-electron chi connectivity index (χ1n) is 7.00. The summed E-state index contributed by atoms with van der Waals surface area (Å²) < 4.78 is 5.83. The molecule has 0 radical (unpaired) electrons. The predicted octanol–water partition coefficient (Wildman–Crippen LogP) is 4.87. The van der Waals surface area contributed by atoms with E-state index in [4.69, 9.17) is 16.0 Å². The van der Waals surface area contributed by atoms with Crippen LogP contribution in [-0.2, 0) is 5.60 Å². The fourth-order valence-corrected chi connectivity index (χ4v) is 3.36. The lowest BCUT2D eigenvalue weighted by Crippen LogP contribution is -2.32. The van der Waals surface area contributed by atoms with E-state index in [-0.39, 0.29) is 5.92 Å². The minimum Gasteiger partial charge on any atom is -0.456 e. The second-order valence-electron chi connectivity index (χ2n) is 5.75. The van der Waals surface area contributed by atoms with E-state index < -0.39 is 5.60 Å². The molecule has 3 heteroatoms. The molecule has 2 nitrogen and oxygen atoms in total. The highest BCUT2D eigenvalue weighted by Crippen LogP contribution is 2.41. The molecule has 1 aromatic carbocycles. The van der Waals surface area contributed by atoms with Crippen molar-refractivity contribution in [1.29, 1.82) is 0 Å². The van der Waals surface area contributed by atoms with Gasteiger partial charge < -0.3 is 9.52 Å². The van der Waals surface area contributed by atoms with Crippen molar-refractivity contribution in [3.8, 4) is 0 Å². The summed E-state index contributed by atoms with van der Waals surface area (Å²) in [5, 5.41) is 12.4. The summed E-state index contributed by atoms with van der Waals surface area (Å²) >= 11 is 6.13. The largest absolute Gasteiger partial charge is 0.456 e. The van der Waals surface area contributed by atoms with Gasteiger partial charge in [-0.15, -0.1) is 0 Å². The number of aliphatic hydroxyl groups is 1. The molecule has 0 saturated heterocycles. The monoisotopic (exact) mass is 278 g/mol. The molecule has 19 heavy (non-hydrogen) atoms. The molecule has 1 aromatic heterocycles. The van der Waals surface area contributed by atoms with Gasteiger partial charge in [-0.2, -0.15) is 0 Å². The molecule has 1 aliphatic carbocycles. The number of benzene rings is 1. The number of para-hydroxylation sites is 1. The third-order valence-corrected chi connectivity index (χ3v) is 4.69. The Hall–Kier alpha value is -0.990. The molecule has 1 N–H and O–H groups in total. The van der Waals surface area contributed by atoms with Gasteiger partial charge in [0.25, 0.3) is 0 Å². The molecule has 1 aliphatic rings. The summed E-state index contributed by atoms with van der Waals surface area (Å²) in [5.41, 5.74) is -0.224. The maximum absolute atomic E-state index is 10.9. The van der Waals surface area contributed by atoms with Crippen molar-refractivity contribution >= 4 is 22.6 Å². The van der Waals surface area contributed by atoms with E-state index in [0.717, 1.165) is 18.2 Å². The van der Waals surface area contributed by atoms with Gasteiger partial charge in [0, 0.05) is 5.39 Å². The second-order valence-corrected chi connectivity index (χ2v) is 6.16. The molecule has 1 saturated carbocycles. The van der Waals surface area contributed by atoms with Crippen LogP contribution in [-0.4, -0.2) is 5.11 Å². The highest BCUT2D eigenvalue weighted by atomic mass is 35.5. The first-order valence-corrected chi connectivity index (χ1v) is 7.38. The number of halogens is 1. The summed E-state index contributed by atoms with van der Waals surface area (Å²) in [6.07, 6.45) is 5.80. The fraction of sp³-hybridized carbons (Fsp3) is 0.500. The van der Waals surface area contributed by atoms with E-state index in [0.29, 0.717) is 16.4 Å². The van der Waals surface area contributed by atoms with Crippen molar-refractivity contribution in [2.24, 2.45) is 5.92 Å². The summed E-state index contributed by atoms with van der Waals surface area (Å²) in [6, 6.07) is 7.60. The van der Waals surface area contributed by atoms with Crippen LogP contribution in [0, 0.1) is 5.92 Å². The smallest absolute Gasteiger partial charge is 0.153 e. The number of rotatable bonds is 2. The zero-order valence-corrected chi connectivity index (χ0v) is 11.9. The minimum absolute atomic E-state index is 0.278. The Bertz CT molecular complexity index is 579. The van der Waals surface area contributed by atoms with Crippen LogP contribution in [0.5, 0.6) is 0 Å². The molecule has 2 aromatic rings. The number of fused-ring (bicyclic) bond motifs is 1. The van der Waals surface area contributed by atoms with Crippen LogP contribution < -0.4 is 0 Å². The molecular formula is C16H19ClO2. The van der Waals surface area contributed by atoms with Crippen LogP contribution in [0.1, 0.15) is 44.8 Å². The quantitative estimate of drug-likeness (QED) is 0.850. The molecule has 1 atom stereocenters. The Balaban J connectivity index is 2.00. The normalized spacial score (nSPS) is 20.6. The van der Waals surface area contributed by atoms with Crippen molar-refractivity contribution in [2.75, 3.05) is 0 Å². The first kappa shape index (κ1) is 13.0. The average Bonchev–Trinajstić information content (AvgIpc) is 2.86. The van der Waals surface area contributed by atoms with E-state index in [1.807, 2.05) is 31.2 Å². The third kappa shape index (κ3) is 2.28. The topological polar surface area (TPSA) is 33.4 Å². The molecule has 1 unspecified atom stereocenters. The van der Waals surface area contributed by atoms with Crippen molar-refractivity contribution in [1.82, 2.24) is 0 Å². The van der Waals surface area contributed by atoms with Crippen LogP contribution in [0.2, 0.25) is 5.02 Å².